The number of hydrogen-bond acceptors (Lipinski definition) is 4. The summed E-state index contributed by atoms with van der Waals surface area (Å²) < 4.78 is 67.9. The minimum absolute atomic E-state index is 0.110. The Morgan fingerprint density at radius 3 is 2.00 bits per heavy atom. The number of alkyl halides is 3. The molecule has 0 saturated carbocycles. The lowest BCUT2D eigenvalue weighted by Gasteiger charge is -2.09. The van der Waals surface area contributed by atoms with Crippen molar-refractivity contribution in [3.63, 3.8) is 0 Å². The van der Waals surface area contributed by atoms with E-state index in [1.807, 2.05) is 0 Å². The Balaban J connectivity index is 0.000000494. The lowest BCUT2D eigenvalue weighted by atomic mass is 10.3. The molecule has 4 N–H and O–H groups in total. The fraction of sp³-hybridized carbons (Fsp3) is 0.143. The number of nitrogens with two attached hydrogens (primary N) is 2. The number of ether oxygens (including phenoxy) is 1. The van der Waals surface area contributed by atoms with Gasteiger partial charge < -0.3 is 4.74 Å². The Kier molecular flexibility index (Phi) is 6.66. The first-order valence-corrected chi connectivity index (χ1v) is 7.52. The van der Waals surface area contributed by atoms with Crippen molar-refractivity contribution in [2.45, 2.75) is 6.36 Å². The van der Waals surface area contributed by atoms with Crippen molar-refractivity contribution in [3.05, 3.63) is 27.8 Å². The molecule has 18 heavy (non-hydrogen) atoms. The van der Waals surface area contributed by atoms with Crippen LogP contribution in [0, 0.1) is 3.57 Å². The molecular formula is C7H8F3IN2O4S. The summed E-state index contributed by atoms with van der Waals surface area (Å²) in [7, 11) is -3.67. The molecule has 0 aliphatic carbocycles. The van der Waals surface area contributed by atoms with Gasteiger partial charge in [-0.3, -0.25) is 3.07 Å². The van der Waals surface area contributed by atoms with Gasteiger partial charge >= 0.3 is 6.36 Å². The summed E-state index contributed by atoms with van der Waals surface area (Å²) in [5, 5.41) is 8.21. The monoisotopic (exact) mass is 400 g/mol. The SMILES string of the molecule is NS(N)(=O)=O.O=Ic1ccccc1OC(F)(F)F. The van der Waals surface area contributed by atoms with E-state index in [-0.39, 0.29) is 9.32 Å². The molecule has 0 radical (unpaired) electrons. The van der Waals surface area contributed by atoms with Crippen LogP contribution in [0.3, 0.4) is 0 Å². The molecule has 0 fully saturated rings. The number of rotatable bonds is 2. The Hall–Kier alpha value is -0.790. The smallest absolute Gasteiger partial charge is 0.405 e. The van der Waals surface area contributed by atoms with Gasteiger partial charge in [-0.05, 0) is 12.1 Å². The molecule has 0 heterocycles. The van der Waals surface area contributed by atoms with E-state index in [1.54, 1.807) is 0 Å². The topological polar surface area (TPSA) is 112 Å². The molecule has 0 aliphatic heterocycles. The molecule has 104 valence electrons. The zero-order chi connectivity index (χ0) is 14.4. The summed E-state index contributed by atoms with van der Waals surface area (Å²) in [6, 6.07) is 5.39. The van der Waals surface area contributed by atoms with Gasteiger partial charge in [-0.25, -0.2) is 10.3 Å². The molecule has 0 saturated heterocycles. The fourth-order valence-electron chi connectivity index (χ4n) is 0.716. The molecule has 1 aromatic rings. The van der Waals surface area contributed by atoms with Crippen molar-refractivity contribution in [1.29, 1.82) is 0 Å². The Bertz CT molecular complexity index is 498. The highest BCUT2D eigenvalue weighted by Crippen LogP contribution is 2.28. The van der Waals surface area contributed by atoms with Crippen LogP contribution in [0.2, 0.25) is 0 Å². The maximum absolute atomic E-state index is 11.7. The third-order valence-corrected chi connectivity index (χ3v) is 2.51. The van der Waals surface area contributed by atoms with Crippen molar-refractivity contribution in [1.82, 2.24) is 0 Å². The van der Waals surface area contributed by atoms with Crippen molar-refractivity contribution >= 4 is 31.4 Å². The van der Waals surface area contributed by atoms with Crippen LogP contribution in [0.25, 0.3) is 0 Å². The first-order chi connectivity index (χ1) is 8.03. The first kappa shape index (κ1) is 17.2. The summed E-state index contributed by atoms with van der Waals surface area (Å²) in [4.78, 5) is 0. The molecule has 6 nitrogen and oxygen atoms in total. The Labute approximate surface area is 111 Å². The number of para-hydroxylation sites is 1. The minimum atomic E-state index is -4.73. The third-order valence-electron chi connectivity index (χ3n) is 1.15. The van der Waals surface area contributed by atoms with E-state index in [0.29, 0.717) is 0 Å². The predicted octanol–water partition coefficient (Wildman–Crippen LogP) is 1.22. The lowest BCUT2D eigenvalue weighted by Crippen LogP contribution is -2.21. The van der Waals surface area contributed by atoms with E-state index in [4.69, 9.17) is 0 Å². The van der Waals surface area contributed by atoms with Crippen LogP contribution in [-0.2, 0) is 13.3 Å². The quantitative estimate of drug-likeness (QED) is 0.727. The van der Waals surface area contributed by atoms with Gasteiger partial charge in [-0.2, -0.15) is 8.42 Å². The standard InChI is InChI=1S/C7H4F3IO2.H4N2O2S/c8-7(9,10)13-6-4-2-1-3-5(6)11-12;1-5(2,3)4/h1-4H;(H4,1,2,3,4). The van der Waals surface area contributed by atoms with Crippen LogP contribution in [0.5, 0.6) is 5.75 Å². The predicted molar refractivity (Wildman–Crippen MR) is 63.8 cm³/mol. The van der Waals surface area contributed by atoms with E-state index in [9.17, 15) is 24.7 Å². The van der Waals surface area contributed by atoms with E-state index in [0.717, 1.165) is 6.07 Å². The summed E-state index contributed by atoms with van der Waals surface area (Å²) in [6.45, 7) is 0. The highest BCUT2D eigenvalue weighted by molar-refractivity contribution is 14.1. The van der Waals surface area contributed by atoms with Gasteiger partial charge in [0.1, 0.15) is 5.75 Å². The van der Waals surface area contributed by atoms with Crippen molar-refractivity contribution in [2.24, 2.45) is 10.3 Å². The zero-order valence-corrected chi connectivity index (χ0v) is 11.5. The van der Waals surface area contributed by atoms with Gasteiger partial charge in [0.25, 0.3) is 10.2 Å². The second-order valence-electron chi connectivity index (χ2n) is 2.64. The van der Waals surface area contributed by atoms with Gasteiger partial charge in [-0.15, -0.1) is 13.2 Å². The molecule has 0 spiro atoms. The number of benzene rings is 1. The van der Waals surface area contributed by atoms with Gasteiger partial charge in [0.15, 0.2) is 21.2 Å². The molecule has 0 amide bonds. The molecule has 1 rings (SSSR count). The minimum Gasteiger partial charge on any atom is -0.405 e. The summed E-state index contributed by atoms with van der Waals surface area (Å²) in [6.07, 6.45) is -4.73. The highest BCUT2D eigenvalue weighted by Gasteiger charge is 2.32. The van der Waals surface area contributed by atoms with E-state index in [2.05, 4.69) is 15.0 Å². The fourth-order valence-corrected chi connectivity index (χ4v) is 1.58. The van der Waals surface area contributed by atoms with E-state index >= 15 is 0 Å². The lowest BCUT2D eigenvalue weighted by molar-refractivity contribution is -0.274. The third kappa shape index (κ3) is 10.4. The maximum Gasteiger partial charge on any atom is 0.573 e. The maximum atomic E-state index is 11.7. The average molecular weight is 400 g/mol. The normalized spacial score (nSPS) is 11.4. The molecule has 0 atom stereocenters. The molecule has 11 heteroatoms. The highest BCUT2D eigenvalue weighted by atomic mass is 127. The Morgan fingerprint density at radius 2 is 1.61 bits per heavy atom. The van der Waals surface area contributed by atoms with E-state index in [1.165, 1.54) is 18.2 Å². The largest absolute Gasteiger partial charge is 0.573 e. The molecule has 1 aromatic carbocycles. The molecular weight excluding hydrogens is 392 g/mol. The van der Waals surface area contributed by atoms with E-state index < -0.39 is 37.8 Å². The average Bonchev–Trinajstić information content (AvgIpc) is 2.13. The first-order valence-electron chi connectivity index (χ1n) is 3.95. The Morgan fingerprint density at radius 1 is 1.17 bits per heavy atom. The van der Waals surface area contributed by atoms with Crippen LogP contribution in [0.15, 0.2) is 24.3 Å². The van der Waals surface area contributed by atoms with Gasteiger partial charge in [0.2, 0.25) is 0 Å². The van der Waals surface area contributed by atoms with Crippen LogP contribution in [0.1, 0.15) is 0 Å². The van der Waals surface area contributed by atoms with Crippen LogP contribution < -0.4 is 15.0 Å². The van der Waals surface area contributed by atoms with Gasteiger partial charge in [0.05, 0.1) is 3.57 Å². The van der Waals surface area contributed by atoms with Crippen LogP contribution in [-0.4, -0.2) is 14.8 Å². The van der Waals surface area contributed by atoms with Crippen molar-refractivity contribution in [2.75, 3.05) is 0 Å². The molecule has 0 aromatic heterocycles. The summed E-state index contributed by atoms with van der Waals surface area (Å²) in [5.41, 5.74) is 0. The summed E-state index contributed by atoms with van der Waals surface area (Å²) in [5.74, 6) is -0.377. The second-order valence-corrected chi connectivity index (χ2v) is 5.43. The second kappa shape index (κ2) is 6.96. The molecule has 0 unspecified atom stereocenters. The van der Waals surface area contributed by atoms with Gasteiger partial charge in [0, 0.05) is 0 Å². The van der Waals surface area contributed by atoms with Gasteiger partial charge in [-0.1, -0.05) is 12.1 Å². The van der Waals surface area contributed by atoms with Crippen LogP contribution >= 0.6 is 21.2 Å². The van der Waals surface area contributed by atoms with Crippen LogP contribution in [0.4, 0.5) is 13.2 Å². The molecule has 0 bridgehead atoms. The zero-order valence-electron chi connectivity index (χ0n) is 8.52. The van der Waals surface area contributed by atoms with Crippen molar-refractivity contribution < 1.29 is 29.4 Å². The van der Waals surface area contributed by atoms with Crippen molar-refractivity contribution in [3.8, 4) is 5.75 Å². The summed E-state index contributed by atoms with van der Waals surface area (Å²) >= 11 is -1.64. The number of halogens is 4. The molecule has 0 aliphatic rings. The number of hydrogen-bond donors (Lipinski definition) is 2.